The zero-order valence-electron chi connectivity index (χ0n) is 13.8. The molecule has 0 radical (unpaired) electrons. The van der Waals surface area contributed by atoms with E-state index < -0.39 is 17.8 Å². The average molecular weight is 323 g/mol. The molecule has 2 rings (SSSR count). The van der Waals surface area contributed by atoms with Gasteiger partial charge in [-0.1, -0.05) is 33.1 Å². The van der Waals surface area contributed by atoms with E-state index in [1.54, 1.807) is 0 Å². The summed E-state index contributed by atoms with van der Waals surface area (Å²) in [6, 6.07) is -0.601. The van der Waals surface area contributed by atoms with Crippen LogP contribution in [0, 0.1) is 5.92 Å². The van der Waals surface area contributed by atoms with E-state index in [4.69, 9.17) is 0 Å². The molecule has 7 heteroatoms. The summed E-state index contributed by atoms with van der Waals surface area (Å²) in [6.45, 7) is 3.86. The molecule has 1 heterocycles. The molecule has 7 nitrogen and oxygen atoms in total. The van der Waals surface area contributed by atoms with Crippen molar-refractivity contribution >= 4 is 23.8 Å². The van der Waals surface area contributed by atoms with E-state index in [2.05, 4.69) is 12.2 Å². The normalized spacial score (nSPS) is 25.2. The van der Waals surface area contributed by atoms with Crippen molar-refractivity contribution < 1.29 is 19.2 Å². The third-order valence-corrected chi connectivity index (χ3v) is 4.63. The van der Waals surface area contributed by atoms with Crippen molar-refractivity contribution in [1.29, 1.82) is 0 Å². The summed E-state index contributed by atoms with van der Waals surface area (Å²) < 4.78 is 0. The van der Waals surface area contributed by atoms with Gasteiger partial charge >= 0.3 is 17.8 Å². The number of hydrogen-bond acceptors (Lipinski definition) is 4. The van der Waals surface area contributed by atoms with Crippen LogP contribution in [0.15, 0.2) is 0 Å². The van der Waals surface area contributed by atoms with E-state index in [-0.39, 0.29) is 25.0 Å². The molecular weight excluding hydrogens is 298 g/mol. The smallest absolute Gasteiger partial charge is 0.334 e. The Morgan fingerprint density at radius 2 is 1.78 bits per heavy atom. The maximum absolute atomic E-state index is 12.2. The molecule has 1 saturated carbocycles. The molecule has 0 spiro atoms. The molecule has 0 aromatic heterocycles. The largest absolute Gasteiger partial charge is 0.352 e. The fourth-order valence-electron chi connectivity index (χ4n) is 3.13. The Morgan fingerprint density at radius 1 is 1.13 bits per heavy atom. The molecule has 0 aromatic rings. The number of unbranched alkanes of at least 4 members (excludes halogenated alkanes) is 1. The number of amides is 5. The lowest BCUT2D eigenvalue weighted by Gasteiger charge is -2.29. The van der Waals surface area contributed by atoms with E-state index in [9.17, 15) is 19.2 Å². The quantitative estimate of drug-likeness (QED) is 0.589. The van der Waals surface area contributed by atoms with Crippen molar-refractivity contribution in [3.05, 3.63) is 0 Å². The molecule has 0 aromatic carbocycles. The van der Waals surface area contributed by atoms with Crippen LogP contribution in [0.25, 0.3) is 0 Å². The van der Waals surface area contributed by atoms with Gasteiger partial charge in [-0.25, -0.2) is 9.69 Å². The summed E-state index contributed by atoms with van der Waals surface area (Å²) in [4.78, 5) is 49.7. The molecule has 2 fully saturated rings. The van der Waals surface area contributed by atoms with Crippen molar-refractivity contribution in [2.45, 2.75) is 58.4 Å². The first-order chi connectivity index (χ1) is 11.0. The molecule has 1 aliphatic heterocycles. The highest BCUT2D eigenvalue weighted by molar-refractivity contribution is 6.45. The summed E-state index contributed by atoms with van der Waals surface area (Å²) in [6.07, 6.45) is 5.67. The Morgan fingerprint density at radius 3 is 2.43 bits per heavy atom. The number of rotatable bonds is 6. The van der Waals surface area contributed by atoms with Crippen LogP contribution in [0.1, 0.15) is 52.4 Å². The maximum Gasteiger partial charge on any atom is 0.334 e. The first-order valence-corrected chi connectivity index (χ1v) is 8.42. The van der Waals surface area contributed by atoms with Gasteiger partial charge in [0.1, 0.15) is 6.54 Å². The Labute approximate surface area is 136 Å². The highest BCUT2D eigenvalue weighted by Crippen LogP contribution is 2.23. The maximum atomic E-state index is 12.2. The molecule has 2 atom stereocenters. The molecule has 5 amide bonds. The molecule has 128 valence electrons. The molecule has 0 bridgehead atoms. The van der Waals surface area contributed by atoms with Gasteiger partial charge in [-0.3, -0.25) is 19.3 Å². The van der Waals surface area contributed by atoms with Gasteiger partial charge in [0.15, 0.2) is 0 Å². The van der Waals surface area contributed by atoms with Crippen LogP contribution in [0.2, 0.25) is 0 Å². The molecule has 0 unspecified atom stereocenters. The van der Waals surface area contributed by atoms with E-state index in [0.29, 0.717) is 12.3 Å². The van der Waals surface area contributed by atoms with Crippen LogP contribution in [-0.2, 0) is 14.4 Å². The summed E-state index contributed by atoms with van der Waals surface area (Å²) in [5.41, 5.74) is 0. The van der Waals surface area contributed by atoms with Crippen molar-refractivity contribution in [3.8, 4) is 0 Å². The Balaban J connectivity index is 1.93. The number of nitrogens with one attached hydrogen (secondary N) is 1. The fourth-order valence-corrected chi connectivity index (χ4v) is 3.13. The highest BCUT2D eigenvalue weighted by atomic mass is 16.2. The van der Waals surface area contributed by atoms with Gasteiger partial charge in [-0.15, -0.1) is 0 Å². The fraction of sp³-hybridized carbons (Fsp3) is 0.750. The molecule has 2 aliphatic rings. The first-order valence-electron chi connectivity index (χ1n) is 8.42. The minimum atomic E-state index is -0.905. The van der Waals surface area contributed by atoms with E-state index in [1.807, 2.05) is 6.92 Å². The number of carbonyl (C=O) groups excluding carboxylic acids is 4. The zero-order chi connectivity index (χ0) is 17.0. The second-order valence-electron chi connectivity index (χ2n) is 6.42. The molecule has 1 saturated heterocycles. The van der Waals surface area contributed by atoms with Gasteiger partial charge < -0.3 is 5.32 Å². The van der Waals surface area contributed by atoms with Crippen LogP contribution in [0.4, 0.5) is 4.79 Å². The van der Waals surface area contributed by atoms with Gasteiger partial charge in [-0.05, 0) is 25.2 Å². The summed E-state index contributed by atoms with van der Waals surface area (Å²) in [5, 5.41) is 2.89. The number of nitrogens with zero attached hydrogens (tertiary/aromatic N) is 2. The van der Waals surface area contributed by atoms with E-state index in [1.165, 1.54) is 0 Å². The summed E-state index contributed by atoms with van der Waals surface area (Å²) in [5.74, 6) is -1.73. The molecular formula is C16H25N3O4. The van der Waals surface area contributed by atoms with E-state index in [0.717, 1.165) is 41.9 Å². The van der Waals surface area contributed by atoms with Gasteiger partial charge in [0, 0.05) is 12.6 Å². The SMILES string of the molecule is CCCCN1C(=O)C(=O)N(CC(=O)N[C@H]2CCCC[C@H]2C)C1=O. The second kappa shape index (κ2) is 7.57. The van der Waals surface area contributed by atoms with Crippen molar-refractivity contribution in [2.75, 3.05) is 13.1 Å². The van der Waals surface area contributed by atoms with Crippen molar-refractivity contribution in [1.82, 2.24) is 15.1 Å². The monoisotopic (exact) mass is 323 g/mol. The van der Waals surface area contributed by atoms with Crippen LogP contribution < -0.4 is 5.32 Å². The van der Waals surface area contributed by atoms with Crippen LogP contribution in [-0.4, -0.2) is 52.7 Å². The number of hydrogen-bond donors (Lipinski definition) is 1. The van der Waals surface area contributed by atoms with Gasteiger partial charge in [0.2, 0.25) is 5.91 Å². The van der Waals surface area contributed by atoms with Crippen LogP contribution in [0.5, 0.6) is 0 Å². The minimum absolute atomic E-state index is 0.0796. The third-order valence-electron chi connectivity index (χ3n) is 4.63. The number of carbonyl (C=O) groups is 4. The molecule has 1 N–H and O–H groups in total. The van der Waals surface area contributed by atoms with Crippen molar-refractivity contribution in [3.63, 3.8) is 0 Å². The van der Waals surface area contributed by atoms with Gasteiger partial charge in [0.05, 0.1) is 0 Å². The highest BCUT2D eigenvalue weighted by Gasteiger charge is 2.44. The lowest BCUT2D eigenvalue weighted by atomic mass is 9.86. The number of urea groups is 1. The predicted molar refractivity (Wildman–Crippen MR) is 83.3 cm³/mol. The Bertz CT molecular complexity index is 506. The third kappa shape index (κ3) is 3.89. The average Bonchev–Trinajstić information content (AvgIpc) is 2.72. The van der Waals surface area contributed by atoms with E-state index >= 15 is 0 Å². The topological polar surface area (TPSA) is 86.8 Å². The lowest BCUT2D eigenvalue weighted by molar-refractivity contribution is -0.144. The van der Waals surface area contributed by atoms with Gasteiger partial charge in [-0.2, -0.15) is 0 Å². The van der Waals surface area contributed by atoms with Crippen molar-refractivity contribution in [2.24, 2.45) is 5.92 Å². The van der Waals surface area contributed by atoms with Gasteiger partial charge in [0.25, 0.3) is 0 Å². The lowest BCUT2D eigenvalue weighted by Crippen LogP contribution is -2.47. The second-order valence-corrected chi connectivity index (χ2v) is 6.42. The zero-order valence-corrected chi connectivity index (χ0v) is 13.8. The van der Waals surface area contributed by atoms with Crippen LogP contribution >= 0.6 is 0 Å². The predicted octanol–water partition coefficient (Wildman–Crippen LogP) is 1.27. The minimum Gasteiger partial charge on any atom is -0.352 e. The standard InChI is InChI=1S/C16H25N3O4/c1-3-4-9-18-14(21)15(22)19(16(18)23)10-13(20)17-12-8-6-5-7-11(12)2/h11-12H,3-10H2,1-2H3,(H,17,20)/t11-,12+/m1/s1. The Kier molecular flexibility index (Phi) is 5.74. The molecule has 23 heavy (non-hydrogen) atoms. The first kappa shape index (κ1) is 17.4. The number of imide groups is 2. The Hall–Kier alpha value is -1.92. The molecule has 1 aliphatic carbocycles. The van der Waals surface area contributed by atoms with Crippen LogP contribution in [0.3, 0.4) is 0 Å². The summed E-state index contributed by atoms with van der Waals surface area (Å²) >= 11 is 0. The summed E-state index contributed by atoms with van der Waals surface area (Å²) in [7, 11) is 0.